The van der Waals surface area contributed by atoms with Gasteiger partial charge in [-0.05, 0) is 12.1 Å². The monoisotopic (exact) mass is 257 g/mol. The van der Waals surface area contributed by atoms with Crippen LogP contribution in [-0.2, 0) is 17.6 Å². The van der Waals surface area contributed by atoms with Crippen LogP contribution in [0, 0.1) is 0 Å². The zero-order valence-corrected chi connectivity index (χ0v) is 10.4. The predicted octanol–water partition coefficient (Wildman–Crippen LogP) is 2.15. The maximum Gasteiger partial charge on any atom is 0.193 e. The van der Waals surface area contributed by atoms with Gasteiger partial charge in [-0.15, -0.1) is 11.3 Å². The van der Waals surface area contributed by atoms with Gasteiger partial charge >= 0.3 is 0 Å². The summed E-state index contributed by atoms with van der Waals surface area (Å²) in [5, 5.41) is 1.97. The van der Waals surface area contributed by atoms with Crippen LogP contribution >= 0.6 is 11.3 Å². The summed E-state index contributed by atoms with van der Waals surface area (Å²) >= 11 is 1.57. The van der Waals surface area contributed by atoms with Gasteiger partial charge in [0.2, 0.25) is 0 Å². The fourth-order valence-electron chi connectivity index (χ4n) is 1.83. The van der Waals surface area contributed by atoms with Gasteiger partial charge in [0.15, 0.2) is 4.96 Å². The number of hydrogen-bond acceptors (Lipinski definition) is 4. The van der Waals surface area contributed by atoms with Gasteiger partial charge in [0.05, 0.1) is 12.1 Å². The number of imidazole rings is 1. The number of rotatable bonds is 4. The highest BCUT2D eigenvalue weighted by molar-refractivity contribution is 7.15. The maximum absolute atomic E-state index is 11.9. The Balaban J connectivity index is 1.69. The summed E-state index contributed by atoms with van der Waals surface area (Å²) in [5.41, 5.74) is 1.63. The summed E-state index contributed by atoms with van der Waals surface area (Å²) in [6.45, 7) is 0. The maximum atomic E-state index is 11.9. The van der Waals surface area contributed by atoms with Crippen molar-refractivity contribution < 1.29 is 4.79 Å². The van der Waals surface area contributed by atoms with Crippen LogP contribution in [0.4, 0.5) is 0 Å². The number of carbonyl (C=O) groups is 1. The number of pyridine rings is 1. The molecule has 3 heterocycles. The van der Waals surface area contributed by atoms with Gasteiger partial charge < -0.3 is 0 Å². The molecule has 3 rings (SSSR count). The third-order valence-electron chi connectivity index (χ3n) is 2.63. The van der Waals surface area contributed by atoms with Crippen molar-refractivity contribution in [1.82, 2.24) is 14.4 Å². The predicted molar refractivity (Wildman–Crippen MR) is 69.7 cm³/mol. The van der Waals surface area contributed by atoms with Crippen molar-refractivity contribution in [1.29, 1.82) is 0 Å². The van der Waals surface area contributed by atoms with Crippen LogP contribution in [0.3, 0.4) is 0 Å². The first kappa shape index (κ1) is 11.1. The molecule has 3 aromatic rings. The quantitative estimate of drug-likeness (QED) is 0.719. The molecule has 18 heavy (non-hydrogen) atoms. The SMILES string of the molecule is O=C(Cc1ccccn1)Cc1cn2ccsc2n1. The average Bonchev–Trinajstić information content (AvgIpc) is 2.90. The zero-order valence-electron chi connectivity index (χ0n) is 9.61. The van der Waals surface area contributed by atoms with Crippen molar-refractivity contribution in [2.75, 3.05) is 0 Å². The van der Waals surface area contributed by atoms with Gasteiger partial charge in [-0.1, -0.05) is 6.07 Å². The fraction of sp³-hybridized carbons (Fsp3) is 0.154. The number of carbonyl (C=O) groups excluding carboxylic acids is 1. The molecule has 0 aliphatic rings. The number of ketones is 1. The number of thiazole rings is 1. The number of hydrogen-bond donors (Lipinski definition) is 0. The Kier molecular flexibility index (Phi) is 2.90. The van der Waals surface area contributed by atoms with E-state index in [9.17, 15) is 4.79 Å². The second kappa shape index (κ2) is 4.70. The Hall–Kier alpha value is -2.01. The van der Waals surface area contributed by atoms with Crippen LogP contribution in [0.15, 0.2) is 42.2 Å². The van der Waals surface area contributed by atoms with Crippen molar-refractivity contribution in [2.24, 2.45) is 0 Å². The molecule has 90 valence electrons. The van der Waals surface area contributed by atoms with Crippen LogP contribution in [0.5, 0.6) is 0 Å². The first-order valence-electron chi connectivity index (χ1n) is 5.64. The molecule has 0 saturated heterocycles. The number of nitrogens with zero attached hydrogens (tertiary/aromatic N) is 3. The van der Waals surface area contributed by atoms with E-state index < -0.39 is 0 Å². The summed E-state index contributed by atoms with van der Waals surface area (Å²) < 4.78 is 1.94. The van der Waals surface area contributed by atoms with Crippen LogP contribution < -0.4 is 0 Å². The Labute approximate surface area is 108 Å². The number of fused-ring (bicyclic) bond motifs is 1. The van der Waals surface area contributed by atoms with Gasteiger partial charge in [0, 0.05) is 36.1 Å². The molecule has 5 heteroatoms. The van der Waals surface area contributed by atoms with E-state index in [-0.39, 0.29) is 5.78 Å². The van der Waals surface area contributed by atoms with Crippen molar-refractivity contribution >= 4 is 22.1 Å². The molecule has 0 fully saturated rings. The molecule has 3 aromatic heterocycles. The molecular formula is C13H11N3OS. The van der Waals surface area contributed by atoms with Crippen molar-refractivity contribution in [3.8, 4) is 0 Å². The van der Waals surface area contributed by atoms with Crippen molar-refractivity contribution in [3.63, 3.8) is 0 Å². The topological polar surface area (TPSA) is 47.3 Å². The van der Waals surface area contributed by atoms with Gasteiger partial charge in [-0.3, -0.25) is 14.2 Å². The Morgan fingerprint density at radius 3 is 2.94 bits per heavy atom. The van der Waals surface area contributed by atoms with E-state index in [1.165, 1.54) is 0 Å². The Bertz CT molecular complexity index is 643. The van der Waals surface area contributed by atoms with Crippen LogP contribution in [-0.4, -0.2) is 20.2 Å². The van der Waals surface area contributed by atoms with Gasteiger partial charge in [-0.2, -0.15) is 0 Å². The average molecular weight is 257 g/mol. The molecule has 0 saturated carbocycles. The highest BCUT2D eigenvalue weighted by Gasteiger charge is 2.09. The third kappa shape index (κ3) is 2.31. The third-order valence-corrected chi connectivity index (χ3v) is 3.40. The second-order valence-corrected chi connectivity index (χ2v) is 4.91. The van der Waals surface area contributed by atoms with Crippen molar-refractivity contribution in [3.05, 3.63) is 53.6 Å². The minimum atomic E-state index is 0.138. The lowest BCUT2D eigenvalue weighted by molar-refractivity contribution is -0.117. The minimum Gasteiger partial charge on any atom is -0.299 e. The van der Waals surface area contributed by atoms with Crippen LogP contribution in [0.1, 0.15) is 11.4 Å². The number of aromatic nitrogens is 3. The molecular weight excluding hydrogens is 246 g/mol. The minimum absolute atomic E-state index is 0.138. The lowest BCUT2D eigenvalue weighted by Gasteiger charge is -1.97. The molecule has 4 nitrogen and oxygen atoms in total. The molecule has 0 spiro atoms. The smallest absolute Gasteiger partial charge is 0.193 e. The first-order valence-corrected chi connectivity index (χ1v) is 6.52. The molecule has 0 unspecified atom stereocenters. The lowest BCUT2D eigenvalue weighted by Crippen LogP contribution is -2.07. The van der Waals surface area contributed by atoms with E-state index in [0.717, 1.165) is 16.3 Å². The number of Topliss-reactive ketones (excluding diaryl/α,β-unsaturated/α-hetero) is 1. The van der Waals surface area contributed by atoms with E-state index >= 15 is 0 Å². The molecule has 0 aromatic carbocycles. The van der Waals surface area contributed by atoms with E-state index in [1.807, 2.05) is 40.4 Å². The molecule has 0 amide bonds. The standard InChI is InChI=1S/C13H11N3OS/c17-12(7-10-3-1-2-4-14-10)8-11-9-16-5-6-18-13(16)15-11/h1-6,9H,7-8H2. The molecule has 0 radical (unpaired) electrons. The lowest BCUT2D eigenvalue weighted by atomic mass is 10.1. The summed E-state index contributed by atoms with van der Waals surface area (Å²) in [4.78, 5) is 21.4. The van der Waals surface area contributed by atoms with Crippen LogP contribution in [0.2, 0.25) is 0 Å². The molecule has 0 aliphatic heterocycles. The van der Waals surface area contributed by atoms with E-state index in [0.29, 0.717) is 12.8 Å². The first-order chi connectivity index (χ1) is 8.81. The van der Waals surface area contributed by atoms with Crippen molar-refractivity contribution in [2.45, 2.75) is 12.8 Å². The van der Waals surface area contributed by atoms with Gasteiger partial charge in [0.25, 0.3) is 0 Å². The Morgan fingerprint density at radius 1 is 1.28 bits per heavy atom. The van der Waals surface area contributed by atoms with Gasteiger partial charge in [-0.25, -0.2) is 4.98 Å². The molecule has 0 N–H and O–H groups in total. The summed E-state index contributed by atoms with van der Waals surface area (Å²) in [6, 6.07) is 5.60. The summed E-state index contributed by atoms with van der Waals surface area (Å²) in [7, 11) is 0. The van der Waals surface area contributed by atoms with Crippen LogP contribution in [0.25, 0.3) is 4.96 Å². The normalized spacial score (nSPS) is 10.9. The molecule has 0 atom stereocenters. The second-order valence-electron chi connectivity index (χ2n) is 4.04. The fourth-order valence-corrected chi connectivity index (χ4v) is 2.55. The summed E-state index contributed by atoms with van der Waals surface area (Å²) in [6.07, 6.45) is 6.29. The van der Waals surface area contributed by atoms with Gasteiger partial charge in [0.1, 0.15) is 5.78 Å². The van der Waals surface area contributed by atoms with E-state index in [4.69, 9.17) is 0 Å². The highest BCUT2D eigenvalue weighted by Crippen LogP contribution is 2.12. The Morgan fingerprint density at radius 2 is 2.17 bits per heavy atom. The van der Waals surface area contributed by atoms with E-state index in [1.54, 1.807) is 17.5 Å². The zero-order chi connectivity index (χ0) is 12.4. The summed E-state index contributed by atoms with van der Waals surface area (Å²) in [5.74, 6) is 0.138. The molecule has 0 aliphatic carbocycles. The molecule has 0 bridgehead atoms. The largest absolute Gasteiger partial charge is 0.299 e. The highest BCUT2D eigenvalue weighted by atomic mass is 32.1. The van der Waals surface area contributed by atoms with E-state index in [2.05, 4.69) is 9.97 Å².